The molecular weight excluding hydrogens is 220 g/mol. The second-order valence-electron chi connectivity index (χ2n) is 3.10. The van der Waals surface area contributed by atoms with Crippen LogP contribution in [0.1, 0.15) is 26.7 Å². The van der Waals surface area contributed by atoms with E-state index in [-0.39, 0.29) is 10.7 Å². The monoisotopic (exact) mass is 232 g/mol. The fourth-order valence-corrected chi connectivity index (χ4v) is 2.26. The summed E-state index contributed by atoms with van der Waals surface area (Å²) >= 11 is 0. The van der Waals surface area contributed by atoms with Crippen molar-refractivity contribution in [2.24, 2.45) is 4.40 Å². The van der Waals surface area contributed by atoms with Crippen LogP contribution in [0.5, 0.6) is 0 Å². The third kappa shape index (κ3) is 2.56. The van der Waals surface area contributed by atoms with Gasteiger partial charge in [-0.1, -0.05) is 6.92 Å². The Morgan fingerprint density at radius 1 is 1.53 bits per heavy atom. The summed E-state index contributed by atoms with van der Waals surface area (Å²) in [6.45, 7) is 3.23. The number of sulfonamides is 1. The molecule has 6 nitrogen and oxygen atoms in total. The van der Waals surface area contributed by atoms with E-state index < -0.39 is 22.4 Å². The number of hydrogen-bond acceptors (Lipinski definition) is 4. The van der Waals surface area contributed by atoms with Crippen LogP contribution in [-0.4, -0.2) is 25.3 Å². The zero-order valence-electron chi connectivity index (χ0n) is 8.44. The SMILES string of the molecule is CCC1=C(C)S(=O)(=O)N=C(CC(=O)O)N1. The highest BCUT2D eigenvalue weighted by Gasteiger charge is 2.24. The maximum Gasteiger partial charge on any atom is 0.311 e. The van der Waals surface area contributed by atoms with E-state index in [1.54, 1.807) is 6.92 Å². The quantitative estimate of drug-likeness (QED) is 0.735. The van der Waals surface area contributed by atoms with Crippen LogP contribution in [0.2, 0.25) is 0 Å². The number of nitrogens with zero attached hydrogens (tertiary/aromatic N) is 1. The molecule has 2 N–H and O–H groups in total. The molecule has 1 rings (SSSR count). The molecule has 0 amide bonds. The minimum absolute atomic E-state index is 0.0371. The molecule has 0 spiro atoms. The fraction of sp³-hybridized carbons (Fsp3) is 0.500. The van der Waals surface area contributed by atoms with E-state index in [0.29, 0.717) is 12.1 Å². The second kappa shape index (κ2) is 4.01. The number of allylic oxidation sites excluding steroid dienone is 2. The Kier molecular flexibility index (Phi) is 3.13. The number of carboxylic acid groups (broad SMARTS) is 1. The van der Waals surface area contributed by atoms with Gasteiger partial charge < -0.3 is 10.4 Å². The van der Waals surface area contributed by atoms with Crippen LogP contribution in [0.15, 0.2) is 15.0 Å². The molecule has 0 aliphatic carbocycles. The Morgan fingerprint density at radius 2 is 2.13 bits per heavy atom. The summed E-state index contributed by atoms with van der Waals surface area (Å²) in [5.41, 5.74) is 0.501. The maximum absolute atomic E-state index is 11.5. The summed E-state index contributed by atoms with van der Waals surface area (Å²) in [7, 11) is -3.68. The molecule has 0 fully saturated rings. The van der Waals surface area contributed by atoms with Crippen molar-refractivity contribution in [2.75, 3.05) is 0 Å². The van der Waals surface area contributed by atoms with Crippen molar-refractivity contribution in [2.45, 2.75) is 26.7 Å². The molecule has 0 saturated carbocycles. The predicted octanol–water partition coefficient (Wildman–Crippen LogP) is 0.434. The summed E-state index contributed by atoms with van der Waals surface area (Å²) in [6, 6.07) is 0. The normalized spacial score (nSPS) is 19.5. The average Bonchev–Trinajstić information content (AvgIpc) is 2.09. The van der Waals surface area contributed by atoms with E-state index in [1.807, 2.05) is 0 Å². The van der Waals surface area contributed by atoms with Gasteiger partial charge in [0.05, 0.1) is 4.91 Å². The Balaban J connectivity index is 3.07. The van der Waals surface area contributed by atoms with Crippen molar-refractivity contribution >= 4 is 21.8 Å². The Morgan fingerprint density at radius 3 is 2.60 bits per heavy atom. The molecular formula is C8H12N2O4S. The number of carboxylic acids is 1. The zero-order valence-corrected chi connectivity index (χ0v) is 9.26. The van der Waals surface area contributed by atoms with Gasteiger partial charge in [-0.3, -0.25) is 4.79 Å². The molecule has 0 aromatic carbocycles. The summed E-state index contributed by atoms with van der Waals surface area (Å²) in [4.78, 5) is 10.6. The maximum atomic E-state index is 11.5. The van der Waals surface area contributed by atoms with Gasteiger partial charge in [0.15, 0.2) is 0 Å². The van der Waals surface area contributed by atoms with E-state index in [0.717, 1.165) is 0 Å². The predicted molar refractivity (Wildman–Crippen MR) is 54.7 cm³/mol. The highest BCUT2D eigenvalue weighted by Crippen LogP contribution is 2.19. The topological polar surface area (TPSA) is 95.8 Å². The third-order valence-electron chi connectivity index (χ3n) is 2.01. The highest BCUT2D eigenvalue weighted by molar-refractivity contribution is 7.94. The van der Waals surface area contributed by atoms with Crippen LogP contribution < -0.4 is 5.32 Å². The van der Waals surface area contributed by atoms with Gasteiger partial charge in [0.1, 0.15) is 12.3 Å². The van der Waals surface area contributed by atoms with Gasteiger partial charge in [-0.15, -0.1) is 4.40 Å². The summed E-state index contributed by atoms with van der Waals surface area (Å²) < 4.78 is 26.3. The highest BCUT2D eigenvalue weighted by atomic mass is 32.2. The first kappa shape index (κ1) is 11.7. The van der Waals surface area contributed by atoms with E-state index in [1.165, 1.54) is 6.92 Å². The number of rotatable bonds is 3. The molecule has 1 heterocycles. The van der Waals surface area contributed by atoms with Gasteiger partial charge in [-0.25, -0.2) is 0 Å². The molecule has 1 aliphatic rings. The van der Waals surface area contributed by atoms with E-state index in [4.69, 9.17) is 5.11 Å². The first-order valence-corrected chi connectivity index (χ1v) is 5.83. The smallest absolute Gasteiger partial charge is 0.311 e. The van der Waals surface area contributed by atoms with Crippen molar-refractivity contribution in [3.63, 3.8) is 0 Å². The third-order valence-corrected chi connectivity index (χ3v) is 3.49. The molecule has 84 valence electrons. The van der Waals surface area contributed by atoms with Gasteiger partial charge in [0.25, 0.3) is 10.0 Å². The van der Waals surface area contributed by atoms with Gasteiger partial charge >= 0.3 is 5.97 Å². The van der Waals surface area contributed by atoms with Gasteiger partial charge in [0, 0.05) is 5.70 Å². The lowest BCUT2D eigenvalue weighted by Crippen LogP contribution is -2.31. The van der Waals surface area contributed by atoms with Crippen molar-refractivity contribution < 1.29 is 18.3 Å². The molecule has 0 bridgehead atoms. The summed E-state index contributed by atoms with van der Waals surface area (Å²) in [5, 5.41) is 11.2. The lowest BCUT2D eigenvalue weighted by atomic mass is 10.3. The van der Waals surface area contributed by atoms with Crippen molar-refractivity contribution in [3.8, 4) is 0 Å². The van der Waals surface area contributed by atoms with Crippen molar-refractivity contribution in [1.82, 2.24) is 5.32 Å². The molecule has 0 radical (unpaired) electrons. The number of aliphatic carboxylic acids is 1. The summed E-state index contributed by atoms with van der Waals surface area (Å²) in [6.07, 6.45) is 0.0692. The Bertz CT molecular complexity index is 447. The van der Waals surface area contributed by atoms with E-state index >= 15 is 0 Å². The molecule has 7 heteroatoms. The largest absolute Gasteiger partial charge is 0.481 e. The van der Waals surface area contributed by atoms with Crippen molar-refractivity contribution in [3.05, 3.63) is 10.6 Å². The first-order valence-electron chi connectivity index (χ1n) is 4.39. The lowest BCUT2D eigenvalue weighted by molar-refractivity contribution is -0.135. The van der Waals surface area contributed by atoms with E-state index in [2.05, 4.69) is 9.71 Å². The van der Waals surface area contributed by atoms with Gasteiger partial charge in [-0.05, 0) is 13.3 Å². The molecule has 0 aromatic rings. The minimum Gasteiger partial charge on any atom is -0.481 e. The molecule has 1 aliphatic heterocycles. The standard InChI is InChI=1S/C8H12N2O4S/c1-3-6-5(2)15(13,14)10-7(9-6)4-8(11)12/h3-4H2,1-2H3,(H,9,10)(H,11,12). The fourth-order valence-electron chi connectivity index (χ4n) is 1.21. The lowest BCUT2D eigenvalue weighted by Gasteiger charge is -2.18. The number of carbonyl (C=O) groups is 1. The molecule has 0 aromatic heterocycles. The first-order chi connectivity index (χ1) is 6.86. The zero-order chi connectivity index (χ0) is 11.6. The van der Waals surface area contributed by atoms with Crippen LogP contribution in [0, 0.1) is 0 Å². The Labute approximate surface area is 87.8 Å². The number of amidine groups is 1. The average molecular weight is 232 g/mol. The van der Waals surface area contributed by atoms with Crippen LogP contribution in [0.3, 0.4) is 0 Å². The number of hydrogen-bond donors (Lipinski definition) is 2. The van der Waals surface area contributed by atoms with E-state index in [9.17, 15) is 13.2 Å². The van der Waals surface area contributed by atoms with Gasteiger partial charge in [-0.2, -0.15) is 8.42 Å². The van der Waals surface area contributed by atoms with Crippen molar-refractivity contribution in [1.29, 1.82) is 0 Å². The Hall–Kier alpha value is -1.37. The molecule has 15 heavy (non-hydrogen) atoms. The van der Waals surface area contributed by atoms with Crippen LogP contribution in [0.25, 0.3) is 0 Å². The molecule has 0 unspecified atom stereocenters. The summed E-state index contributed by atoms with van der Waals surface area (Å²) in [5.74, 6) is -1.16. The van der Waals surface area contributed by atoms with Crippen LogP contribution >= 0.6 is 0 Å². The molecule has 0 atom stereocenters. The second-order valence-corrected chi connectivity index (χ2v) is 4.84. The minimum atomic E-state index is -3.68. The molecule has 0 saturated heterocycles. The van der Waals surface area contributed by atoms with Gasteiger partial charge in [0.2, 0.25) is 0 Å². The number of nitrogens with one attached hydrogen (secondary N) is 1. The van der Waals surface area contributed by atoms with Crippen LogP contribution in [-0.2, 0) is 14.8 Å². The van der Waals surface area contributed by atoms with Crippen LogP contribution in [0.4, 0.5) is 0 Å².